The Morgan fingerprint density at radius 1 is 1.29 bits per heavy atom. The number of carbonyl (C=O) groups is 2. The number of methoxy groups -OCH3 is 1. The van der Waals surface area contributed by atoms with E-state index in [0.717, 1.165) is 19.3 Å². The van der Waals surface area contributed by atoms with E-state index in [1.165, 1.54) is 7.11 Å². The van der Waals surface area contributed by atoms with Gasteiger partial charge in [0.05, 0.1) is 7.11 Å². The fourth-order valence-electron chi connectivity index (χ4n) is 2.34. The van der Waals surface area contributed by atoms with E-state index in [1.54, 1.807) is 0 Å². The summed E-state index contributed by atoms with van der Waals surface area (Å²) in [6, 6.07) is 0. The first kappa shape index (κ1) is 14.0. The maximum Gasteiger partial charge on any atom is 0.321 e. The SMILES string of the molecule is COC(=O)C1(C(=O)NCCC(C)C)CCCC1. The van der Waals surface area contributed by atoms with Gasteiger partial charge in [0.15, 0.2) is 0 Å². The number of ether oxygens (including phenoxy) is 1. The second kappa shape index (κ2) is 6.03. The van der Waals surface area contributed by atoms with Gasteiger partial charge < -0.3 is 10.1 Å². The predicted octanol–water partition coefficient (Wildman–Crippen LogP) is 1.88. The molecule has 0 saturated heterocycles. The van der Waals surface area contributed by atoms with Crippen LogP contribution in [0.2, 0.25) is 0 Å². The van der Waals surface area contributed by atoms with Crippen LogP contribution in [0.15, 0.2) is 0 Å². The molecule has 4 heteroatoms. The third-order valence-corrected chi connectivity index (χ3v) is 3.48. The molecule has 0 aromatic heterocycles. The Hall–Kier alpha value is -1.06. The molecule has 0 aromatic rings. The minimum Gasteiger partial charge on any atom is -0.468 e. The molecule has 1 amide bonds. The molecule has 1 aliphatic carbocycles. The van der Waals surface area contributed by atoms with E-state index in [1.807, 2.05) is 0 Å². The molecule has 0 radical (unpaired) electrons. The number of esters is 1. The molecule has 17 heavy (non-hydrogen) atoms. The van der Waals surface area contributed by atoms with Crippen LogP contribution >= 0.6 is 0 Å². The summed E-state index contributed by atoms with van der Waals surface area (Å²) < 4.78 is 4.79. The van der Waals surface area contributed by atoms with Gasteiger partial charge in [-0.1, -0.05) is 26.7 Å². The smallest absolute Gasteiger partial charge is 0.321 e. The fraction of sp³-hybridized carbons (Fsp3) is 0.846. The summed E-state index contributed by atoms with van der Waals surface area (Å²) in [5, 5.41) is 2.87. The van der Waals surface area contributed by atoms with E-state index in [9.17, 15) is 9.59 Å². The predicted molar refractivity (Wildman–Crippen MR) is 65.4 cm³/mol. The van der Waals surface area contributed by atoms with Gasteiger partial charge in [-0.25, -0.2) is 0 Å². The van der Waals surface area contributed by atoms with E-state index in [-0.39, 0.29) is 11.9 Å². The molecule has 4 nitrogen and oxygen atoms in total. The highest BCUT2D eigenvalue weighted by atomic mass is 16.5. The molecule has 1 saturated carbocycles. The summed E-state index contributed by atoms with van der Waals surface area (Å²) in [6.07, 6.45) is 4.02. The van der Waals surface area contributed by atoms with Gasteiger partial charge in [0, 0.05) is 6.54 Å². The van der Waals surface area contributed by atoms with Crippen LogP contribution in [-0.2, 0) is 14.3 Å². The second-order valence-corrected chi connectivity index (χ2v) is 5.22. The van der Waals surface area contributed by atoms with Crippen LogP contribution in [-0.4, -0.2) is 25.5 Å². The van der Waals surface area contributed by atoms with Gasteiger partial charge in [0.25, 0.3) is 0 Å². The molecule has 0 heterocycles. The lowest BCUT2D eigenvalue weighted by Gasteiger charge is -2.24. The summed E-state index contributed by atoms with van der Waals surface area (Å²) in [6.45, 7) is 4.85. The second-order valence-electron chi connectivity index (χ2n) is 5.22. The average molecular weight is 241 g/mol. The van der Waals surface area contributed by atoms with Gasteiger partial charge in [0.2, 0.25) is 5.91 Å². The minimum absolute atomic E-state index is 0.150. The number of nitrogens with one attached hydrogen (secondary N) is 1. The molecule has 1 N–H and O–H groups in total. The molecule has 0 aliphatic heterocycles. The van der Waals surface area contributed by atoms with Crippen LogP contribution in [0.5, 0.6) is 0 Å². The Balaban J connectivity index is 2.59. The van der Waals surface area contributed by atoms with Crippen molar-refractivity contribution in [3.8, 4) is 0 Å². The minimum atomic E-state index is -0.911. The van der Waals surface area contributed by atoms with Crippen molar-refractivity contribution in [1.29, 1.82) is 0 Å². The molecule has 0 aromatic carbocycles. The number of hydrogen-bond acceptors (Lipinski definition) is 3. The summed E-state index contributed by atoms with van der Waals surface area (Å²) in [7, 11) is 1.35. The molecule has 1 aliphatic rings. The lowest BCUT2D eigenvalue weighted by Crippen LogP contribution is -2.45. The zero-order chi connectivity index (χ0) is 12.9. The van der Waals surface area contributed by atoms with Crippen LogP contribution in [0, 0.1) is 11.3 Å². The number of carbonyl (C=O) groups excluding carboxylic acids is 2. The standard InChI is InChI=1S/C13H23NO3/c1-10(2)6-9-14-11(15)13(12(16)17-3)7-4-5-8-13/h10H,4-9H2,1-3H3,(H,14,15). The van der Waals surface area contributed by atoms with Gasteiger partial charge in [0.1, 0.15) is 5.41 Å². The van der Waals surface area contributed by atoms with Crippen LogP contribution in [0.25, 0.3) is 0 Å². The number of hydrogen-bond donors (Lipinski definition) is 1. The highest BCUT2D eigenvalue weighted by Gasteiger charge is 2.48. The molecule has 1 fully saturated rings. The number of rotatable bonds is 5. The van der Waals surface area contributed by atoms with Crippen LogP contribution < -0.4 is 5.32 Å². The Kier molecular flexibility index (Phi) is 4.97. The summed E-state index contributed by atoms with van der Waals surface area (Å²) >= 11 is 0. The van der Waals surface area contributed by atoms with Crippen molar-refractivity contribution in [2.24, 2.45) is 11.3 Å². The van der Waals surface area contributed by atoms with Crippen molar-refractivity contribution < 1.29 is 14.3 Å². The zero-order valence-electron chi connectivity index (χ0n) is 11.0. The maximum absolute atomic E-state index is 12.1. The molecule has 0 bridgehead atoms. The first-order valence-corrected chi connectivity index (χ1v) is 6.39. The Morgan fingerprint density at radius 2 is 1.88 bits per heavy atom. The van der Waals surface area contributed by atoms with Crippen LogP contribution in [0.3, 0.4) is 0 Å². The van der Waals surface area contributed by atoms with Gasteiger partial charge in [-0.15, -0.1) is 0 Å². The van der Waals surface area contributed by atoms with Gasteiger partial charge in [-0.2, -0.15) is 0 Å². The quantitative estimate of drug-likeness (QED) is 0.590. The zero-order valence-corrected chi connectivity index (χ0v) is 11.0. The molecule has 1 rings (SSSR count). The largest absolute Gasteiger partial charge is 0.468 e. The molecule has 0 atom stereocenters. The molecular weight excluding hydrogens is 218 g/mol. The molecule has 0 unspecified atom stereocenters. The van der Waals surface area contributed by atoms with Gasteiger partial charge >= 0.3 is 5.97 Å². The van der Waals surface area contributed by atoms with Crippen molar-refractivity contribution in [3.05, 3.63) is 0 Å². The van der Waals surface area contributed by atoms with E-state index >= 15 is 0 Å². The van der Waals surface area contributed by atoms with E-state index in [4.69, 9.17) is 4.74 Å². The summed E-state index contributed by atoms with van der Waals surface area (Å²) in [5.74, 6) is 0.0208. The lowest BCUT2D eigenvalue weighted by atomic mass is 9.85. The monoisotopic (exact) mass is 241 g/mol. The van der Waals surface area contributed by atoms with E-state index in [2.05, 4.69) is 19.2 Å². The normalized spacial score (nSPS) is 18.1. The summed E-state index contributed by atoms with van der Waals surface area (Å²) in [5.41, 5.74) is -0.911. The molecular formula is C13H23NO3. The molecule has 0 spiro atoms. The van der Waals surface area contributed by atoms with Crippen molar-refractivity contribution in [1.82, 2.24) is 5.32 Å². The van der Waals surface area contributed by atoms with Crippen LogP contribution in [0.4, 0.5) is 0 Å². The lowest BCUT2D eigenvalue weighted by molar-refractivity contribution is -0.158. The Bertz CT molecular complexity index is 280. The van der Waals surface area contributed by atoms with E-state index in [0.29, 0.717) is 25.3 Å². The highest BCUT2D eigenvalue weighted by molar-refractivity contribution is 6.02. The highest BCUT2D eigenvalue weighted by Crippen LogP contribution is 2.39. The van der Waals surface area contributed by atoms with Gasteiger partial charge in [-0.3, -0.25) is 9.59 Å². The first-order valence-electron chi connectivity index (χ1n) is 6.39. The first-order chi connectivity index (χ1) is 8.03. The van der Waals surface area contributed by atoms with Crippen molar-refractivity contribution in [2.75, 3.05) is 13.7 Å². The summed E-state index contributed by atoms with van der Waals surface area (Å²) in [4.78, 5) is 23.9. The van der Waals surface area contributed by atoms with Crippen LogP contribution in [0.1, 0.15) is 46.0 Å². The average Bonchev–Trinajstić information content (AvgIpc) is 2.77. The molecule has 98 valence electrons. The number of amides is 1. The topological polar surface area (TPSA) is 55.4 Å². The van der Waals surface area contributed by atoms with Crippen molar-refractivity contribution in [2.45, 2.75) is 46.0 Å². The van der Waals surface area contributed by atoms with Crippen molar-refractivity contribution >= 4 is 11.9 Å². The van der Waals surface area contributed by atoms with Crippen molar-refractivity contribution in [3.63, 3.8) is 0 Å². The Morgan fingerprint density at radius 3 is 2.35 bits per heavy atom. The van der Waals surface area contributed by atoms with Gasteiger partial charge in [-0.05, 0) is 25.2 Å². The third kappa shape index (κ3) is 3.20. The Labute approximate surface area is 103 Å². The third-order valence-electron chi connectivity index (χ3n) is 3.48. The van der Waals surface area contributed by atoms with E-state index < -0.39 is 5.41 Å². The fourth-order valence-corrected chi connectivity index (χ4v) is 2.34. The maximum atomic E-state index is 12.1.